The number of fused-ring (bicyclic) bond motifs is 3. The number of ether oxygens (including phenoxy) is 1. The van der Waals surface area contributed by atoms with Crippen LogP contribution >= 0.6 is 0 Å². The molecule has 0 radical (unpaired) electrons. The number of amides is 2. The van der Waals surface area contributed by atoms with Crippen molar-refractivity contribution in [1.29, 1.82) is 0 Å². The summed E-state index contributed by atoms with van der Waals surface area (Å²) in [4.78, 5) is 17.9. The van der Waals surface area contributed by atoms with Gasteiger partial charge in [-0.3, -0.25) is 0 Å². The van der Waals surface area contributed by atoms with Gasteiger partial charge in [-0.15, -0.1) is 0 Å². The summed E-state index contributed by atoms with van der Waals surface area (Å²) in [6, 6.07) is 14.6. The molecule has 0 unspecified atom stereocenters. The molecule has 1 saturated heterocycles. The highest BCUT2D eigenvalue weighted by atomic mass is 16.5. The third-order valence-electron chi connectivity index (χ3n) is 7.57. The number of aromatic amines is 1. The maximum Gasteiger partial charge on any atom is 0.317 e. The van der Waals surface area contributed by atoms with Gasteiger partial charge in [-0.05, 0) is 56.3 Å². The number of nitrogens with one attached hydrogen (secondary N) is 3. The largest absolute Gasteiger partial charge is 0.490 e. The normalized spacial score (nSPS) is 18.7. The quantitative estimate of drug-likeness (QED) is 0.386. The summed E-state index contributed by atoms with van der Waals surface area (Å²) in [5.74, 6) is 1.32. The van der Waals surface area contributed by atoms with E-state index in [9.17, 15) is 9.90 Å². The lowest BCUT2D eigenvalue weighted by Crippen LogP contribution is -2.49. The van der Waals surface area contributed by atoms with E-state index >= 15 is 0 Å². The molecule has 1 aliphatic heterocycles. The number of likely N-dealkylation sites (tertiary alicyclic amines) is 1. The first kappa shape index (κ1) is 23.9. The van der Waals surface area contributed by atoms with Gasteiger partial charge in [-0.1, -0.05) is 43.5 Å². The number of hydrogen-bond donors (Lipinski definition) is 4. The zero-order valence-electron chi connectivity index (χ0n) is 20.5. The molecule has 0 spiro atoms. The third-order valence-corrected chi connectivity index (χ3v) is 7.57. The molecule has 2 aliphatic rings. The Morgan fingerprint density at radius 3 is 2.63 bits per heavy atom. The summed E-state index contributed by atoms with van der Waals surface area (Å²) >= 11 is 0. The van der Waals surface area contributed by atoms with E-state index in [0.29, 0.717) is 18.5 Å². The van der Waals surface area contributed by atoms with Gasteiger partial charge in [-0.25, -0.2) is 4.79 Å². The van der Waals surface area contributed by atoms with Crippen LogP contribution < -0.4 is 15.4 Å². The van der Waals surface area contributed by atoms with Gasteiger partial charge in [0, 0.05) is 42.0 Å². The average molecular weight is 479 g/mol. The SMILES string of the molecule is O=C(NC1CCCCC1)N1CCC(CNC[C@H](O)COc2cccc3[nH]c4ccccc4c23)CC1. The second-order valence-electron chi connectivity index (χ2n) is 10.2. The van der Waals surface area contributed by atoms with E-state index in [1.54, 1.807) is 0 Å². The van der Waals surface area contributed by atoms with Gasteiger partial charge in [0.05, 0.1) is 5.52 Å². The molecule has 7 heteroatoms. The molecule has 188 valence electrons. The number of aliphatic hydroxyl groups excluding tert-OH is 1. The van der Waals surface area contributed by atoms with Crippen molar-refractivity contribution in [2.75, 3.05) is 32.8 Å². The molecule has 5 rings (SSSR count). The van der Waals surface area contributed by atoms with Crippen LogP contribution in [0.3, 0.4) is 0 Å². The summed E-state index contributed by atoms with van der Waals surface area (Å²) in [7, 11) is 0. The second kappa shape index (κ2) is 11.3. The minimum absolute atomic E-state index is 0.112. The van der Waals surface area contributed by atoms with Crippen molar-refractivity contribution in [1.82, 2.24) is 20.5 Å². The minimum Gasteiger partial charge on any atom is -0.490 e. The van der Waals surface area contributed by atoms with Crippen LogP contribution in [0.5, 0.6) is 5.75 Å². The smallest absolute Gasteiger partial charge is 0.317 e. The Hall–Kier alpha value is -2.77. The Labute approximate surface area is 207 Å². The molecule has 2 aromatic carbocycles. The number of carbonyl (C=O) groups excluding carboxylic acids is 1. The number of aromatic nitrogens is 1. The number of para-hydroxylation sites is 1. The van der Waals surface area contributed by atoms with Gasteiger partial charge in [0.2, 0.25) is 0 Å². The van der Waals surface area contributed by atoms with Gasteiger partial charge < -0.3 is 30.4 Å². The second-order valence-corrected chi connectivity index (χ2v) is 10.2. The number of rotatable bonds is 8. The molecular weight excluding hydrogens is 440 g/mol. The van der Waals surface area contributed by atoms with Crippen LogP contribution in [0.1, 0.15) is 44.9 Å². The number of hydrogen-bond acceptors (Lipinski definition) is 4. The van der Waals surface area contributed by atoms with Crippen LogP contribution in [0.4, 0.5) is 4.79 Å². The highest BCUT2D eigenvalue weighted by Gasteiger charge is 2.25. The molecule has 4 N–H and O–H groups in total. The zero-order chi connectivity index (χ0) is 24.0. The molecule has 35 heavy (non-hydrogen) atoms. The standard InChI is InChI=1S/C28H38N4O3/c33-22(19-35-26-12-6-11-25-27(26)23-9-4-5-10-24(23)31-25)18-29-17-20-13-15-32(16-14-20)28(34)30-21-7-2-1-3-8-21/h4-6,9-12,20-22,29,31,33H,1-3,7-8,13-19H2,(H,30,34)/t22-/m0/s1. The van der Waals surface area contributed by atoms with E-state index in [1.807, 2.05) is 35.2 Å². The molecule has 2 fully saturated rings. The fourth-order valence-electron chi connectivity index (χ4n) is 5.54. The number of H-pyrrole nitrogens is 1. The molecule has 7 nitrogen and oxygen atoms in total. The number of benzene rings is 2. The van der Waals surface area contributed by atoms with E-state index in [1.165, 1.54) is 19.3 Å². The molecule has 3 aromatic rings. The third kappa shape index (κ3) is 5.90. The number of piperidine rings is 1. The highest BCUT2D eigenvalue weighted by molar-refractivity contribution is 6.10. The maximum atomic E-state index is 12.6. The van der Waals surface area contributed by atoms with Crippen LogP contribution in [-0.2, 0) is 0 Å². The molecule has 1 saturated carbocycles. The predicted molar refractivity (Wildman–Crippen MR) is 140 cm³/mol. The Balaban J connectivity index is 1.03. The predicted octanol–water partition coefficient (Wildman–Crippen LogP) is 4.40. The molecule has 1 aromatic heterocycles. The highest BCUT2D eigenvalue weighted by Crippen LogP contribution is 2.33. The lowest BCUT2D eigenvalue weighted by Gasteiger charge is -2.34. The summed E-state index contributed by atoms with van der Waals surface area (Å²) in [6.07, 6.45) is 7.41. The monoisotopic (exact) mass is 478 g/mol. The van der Waals surface area contributed by atoms with E-state index in [2.05, 4.69) is 27.8 Å². The van der Waals surface area contributed by atoms with E-state index in [4.69, 9.17) is 4.74 Å². The van der Waals surface area contributed by atoms with Crippen LogP contribution in [0, 0.1) is 5.92 Å². The molecule has 0 bridgehead atoms. The molecule has 2 amide bonds. The molecule has 1 atom stereocenters. The van der Waals surface area contributed by atoms with Crippen LogP contribution in [0.2, 0.25) is 0 Å². The van der Waals surface area contributed by atoms with Crippen molar-refractivity contribution in [2.24, 2.45) is 5.92 Å². The molecule has 1 aliphatic carbocycles. The van der Waals surface area contributed by atoms with Gasteiger partial charge >= 0.3 is 6.03 Å². The van der Waals surface area contributed by atoms with E-state index < -0.39 is 6.10 Å². The van der Waals surface area contributed by atoms with Crippen LogP contribution in [0.25, 0.3) is 21.8 Å². The van der Waals surface area contributed by atoms with Gasteiger partial charge in [0.1, 0.15) is 18.5 Å². The van der Waals surface area contributed by atoms with E-state index in [-0.39, 0.29) is 12.6 Å². The fraction of sp³-hybridized carbons (Fsp3) is 0.536. The Morgan fingerprint density at radius 1 is 1.03 bits per heavy atom. The summed E-state index contributed by atoms with van der Waals surface area (Å²) < 4.78 is 6.03. The molecular formula is C28H38N4O3. The van der Waals surface area contributed by atoms with Crippen molar-refractivity contribution < 1.29 is 14.6 Å². The first-order valence-corrected chi connectivity index (χ1v) is 13.2. The fourth-order valence-corrected chi connectivity index (χ4v) is 5.54. The lowest BCUT2D eigenvalue weighted by atomic mass is 9.95. The van der Waals surface area contributed by atoms with Gasteiger partial charge in [0.25, 0.3) is 0 Å². The van der Waals surface area contributed by atoms with Crippen LogP contribution in [0.15, 0.2) is 42.5 Å². The first-order chi connectivity index (χ1) is 17.2. The Kier molecular flexibility index (Phi) is 7.74. The number of urea groups is 1. The zero-order valence-corrected chi connectivity index (χ0v) is 20.5. The van der Waals surface area contributed by atoms with Gasteiger partial charge in [0.15, 0.2) is 0 Å². The van der Waals surface area contributed by atoms with Crippen LogP contribution in [-0.4, -0.2) is 66.0 Å². The van der Waals surface area contributed by atoms with E-state index in [0.717, 1.165) is 72.9 Å². The Bertz CT molecular complexity index is 1120. The minimum atomic E-state index is -0.586. The number of nitrogens with zero attached hydrogens (tertiary/aromatic N) is 1. The summed E-state index contributed by atoms with van der Waals surface area (Å²) in [5, 5.41) is 19.3. The Morgan fingerprint density at radius 2 is 1.80 bits per heavy atom. The summed E-state index contributed by atoms with van der Waals surface area (Å²) in [6.45, 7) is 3.21. The van der Waals surface area contributed by atoms with Crippen molar-refractivity contribution >= 4 is 27.8 Å². The van der Waals surface area contributed by atoms with Crippen molar-refractivity contribution in [2.45, 2.75) is 57.1 Å². The first-order valence-electron chi connectivity index (χ1n) is 13.2. The molecule has 2 heterocycles. The lowest BCUT2D eigenvalue weighted by molar-refractivity contribution is 0.104. The topological polar surface area (TPSA) is 89.6 Å². The number of carbonyl (C=O) groups is 1. The number of aliphatic hydroxyl groups is 1. The average Bonchev–Trinajstić information content (AvgIpc) is 3.28. The summed E-state index contributed by atoms with van der Waals surface area (Å²) in [5.41, 5.74) is 2.12. The van der Waals surface area contributed by atoms with Crippen molar-refractivity contribution in [3.05, 3.63) is 42.5 Å². The maximum absolute atomic E-state index is 12.6. The van der Waals surface area contributed by atoms with Gasteiger partial charge in [-0.2, -0.15) is 0 Å². The van der Waals surface area contributed by atoms with Crippen molar-refractivity contribution in [3.63, 3.8) is 0 Å². The van der Waals surface area contributed by atoms with Crippen molar-refractivity contribution in [3.8, 4) is 5.75 Å².